The van der Waals surface area contributed by atoms with E-state index in [0.29, 0.717) is 5.69 Å². The van der Waals surface area contributed by atoms with E-state index in [1.165, 1.54) is 0 Å². The van der Waals surface area contributed by atoms with Gasteiger partial charge in [0.05, 0.1) is 6.33 Å². The highest BCUT2D eigenvalue weighted by Crippen LogP contribution is 2.00. The van der Waals surface area contributed by atoms with Gasteiger partial charge in [0.1, 0.15) is 0 Å². The molecule has 0 bridgehead atoms. The minimum absolute atomic E-state index is 0.563. The number of imidazole rings is 1. The zero-order valence-electron chi connectivity index (χ0n) is 8.98. The quantitative estimate of drug-likeness (QED) is 0.735. The monoisotopic (exact) mass is 214 g/mol. The summed E-state index contributed by atoms with van der Waals surface area (Å²) in [7, 11) is 0. The summed E-state index contributed by atoms with van der Waals surface area (Å²) >= 11 is 0. The van der Waals surface area contributed by atoms with Crippen LogP contribution in [0.25, 0.3) is 0 Å². The lowest BCUT2D eigenvalue weighted by Crippen LogP contribution is -2.16. The Kier molecular flexibility index (Phi) is 3.66. The standard InChI is InChI=1S/C12H14N4/c1-10-6-11(2-5-15-10)7-13-4-3-12-8-14-9-16-12/h1-2,5-6,8-9,13H,3-4,7H2,(H,14,16). The van der Waals surface area contributed by atoms with E-state index in [1.807, 2.05) is 18.3 Å². The van der Waals surface area contributed by atoms with E-state index in [9.17, 15) is 0 Å². The Hall–Kier alpha value is -1.68. The van der Waals surface area contributed by atoms with Crippen molar-refractivity contribution in [3.63, 3.8) is 0 Å². The number of hydrogen-bond acceptors (Lipinski definition) is 3. The van der Waals surface area contributed by atoms with Crippen LogP contribution in [0.15, 0.2) is 30.9 Å². The maximum Gasteiger partial charge on any atom is 0.0921 e. The summed E-state index contributed by atoms with van der Waals surface area (Å²) < 4.78 is 0. The van der Waals surface area contributed by atoms with Crippen LogP contribution in [0.3, 0.4) is 0 Å². The van der Waals surface area contributed by atoms with Crippen molar-refractivity contribution in [1.82, 2.24) is 20.3 Å². The van der Waals surface area contributed by atoms with Gasteiger partial charge in [0.25, 0.3) is 0 Å². The van der Waals surface area contributed by atoms with Gasteiger partial charge < -0.3 is 10.3 Å². The van der Waals surface area contributed by atoms with Gasteiger partial charge in [-0.25, -0.2) is 4.98 Å². The second-order valence-electron chi connectivity index (χ2n) is 3.59. The Balaban J connectivity index is 1.72. The highest BCUT2D eigenvalue weighted by molar-refractivity contribution is 5.17. The van der Waals surface area contributed by atoms with E-state index < -0.39 is 0 Å². The van der Waals surface area contributed by atoms with Crippen LogP contribution in [0.2, 0.25) is 0 Å². The van der Waals surface area contributed by atoms with Crippen molar-refractivity contribution in [2.24, 2.45) is 0 Å². The lowest BCUT2D eigenvalue weighted by atomic mass is 10.2. The number of rotatable bonds is 5. The summed E-state index contributed by atoms with van der Waals surface area (Å²) in [5.74, 6) is 0. The molecular formula is C12H14N4. The minimum Gasteiger partial charge on any atom is -0.348 e. The average Bonchev–Trinajstić information content (AvgIpc) is 2.77. The molecule has 0 amide bonds. The first-order chi connectivity index (χ1) is 7.84. The van der Waals surface area contributed by atoms with Crippen molar-refractivity contribution in [2.45, 2.75) is 13.0 Å². The Morgan fingerprint density at radius 2 is 2.38 bits per heavy atom. The molecule has 4 heteroatoms. The number of pyridine rings is 1. The third kappa shape index (κ3) is 3.17. The van der Waals surface area contributed by atoms with Crippen LogP contribution < -0.4 is 5.32 Å². The fraction of sp³-hybridized carbons (Fsp3) is 0.250. The lowest BCUT2D eigenvalue weighted by Gasteiger charge is -2.04. The summed E-state index contributed by atoms with van der Waals surface area (Å²) in [5, 5.41) is 3.34. The molecule has 0 aliphatic carbocycles. The van der Waals surface area contributed by atoms with Gasteiger partial charge in [-0.2, -0.15) is 0 Å². The van der Waals surface area contributed by atoms with Crippen molar-refractivity contribution < 1.29 is 0 Å². The molecule has 16 heavy (non-hydrogen) atoms. The number of nitrogens with zero attached hydrogens (tertiary/aromatic N) is 2. The van der Waals surface area contributed by atoms with E-state index in [2.05, 4.69) is 20.3 Å². The molecule has 0 unspecified atom stereocenters. The van der Waals surface area contributed by atoms with Crippen LogP contribution >= 0.6 is 0 Å². The van der Waals surface area contributed by atoms with Gasteiger partial charge in [0.2, 0.25) is 0 Å². The maximum atomic E-state index is 5.59. The molecule has 0 aliphatic rings. The highest BCUT2D eigenvalue weighted by atomic mass is 14.9. The number of hydrogen-bond donors (Lipinski definition) is 2. The van der Waals surface area contributed by atoms with Crippen LogP contribution in [0.5, 0.6) is 0 Å². The van der Waals surface area contributed by atoms with E-state index in [1.54, 1.807) is 12.5 Å². The molecule has 4 nitrogen and oxygen atoms in total. The molecular weight excluding hydrogens is 200 g/mol. The molecule has 0 spiro atoms. The van der Waals surface area contributed by atoms with Crippen LogP contribution in [0.4, 0.5) is 0 Å². The molecule has 2 heterocycles. The Morgan fingerprint density at radius 3 is 3.12 bits per heavy atom. The Bertz CT molecular complexity index is 422. The zero-order chi connectivity index (χ0) is 11.2. The molecule has 0 saturated heterocycles. The molecule has 0 aliphatic heterocycles. The summed E-state index contributed by atoms with van der Waals surface area (Å²) in [6, 6.07) is 3.84. The molecule has 0 atom stereocenters. The number of nitrogens with one attached hydrogen (secondary N) is 2. The largest absolute Gasteiger partial charge is 0.348 e. The van der Waals surface area contributed by atoms with Crippen molar-refractivity contribution >= 4 is 0 Å². The molecule has 2 radical (unpaired) electrons. The van der Waals surface area contributed by atoms with Crippen LogP contribution in [-0.2, 0) is 13.0 Å². The predicted octanol–water partition coefficient (Wildman–Crippen LogP) is 1.20. The van der Waals surface area contributed by atoms with Gasteiger partial charge in [-0.15, -0.1) is 0 Å². The molecule has 82 valence electrons. The number of aromatic nitrogens is 3. The fourth-order valence-electron chi connectivity index (χ4n) is 1.48. The zero-order valence-corrected chi connectivity index (χ0v) is 8.98. The van der Waals surface area contributed by atoms with Crippen LogP contribution in [-0.4, -0.2) is 21.5 Å². The van der Waals surface area contributed by atoms with E-state index in [0.717, 1.165) is 30.8 Å². The van der Waals surface area contributed by atoms with Crippen LogP contribution in [0, 0.1) is 6.92 Å². The van der Waals surface area contributed by atoms with Gasteiger partial charge in [0, 0.05) is 50.2 Å². The molecule has 0 fully saturated rings. The first-order valence-electron chi connectivity index (χ1n) is 5.23. The van der Waals surface area contributed by atoms with Gasteiger partial charge in [-0.05, 0) is 17.7 Å². The van der Waals surface area contributed by atoms with Gasteiger partial charge in [0.15, 0.2) is 0 Å². The van der Waals surface area contributed by atoms with Crippen molar-refractivity contribution in [3.8, 4) is 0 Å². The third-order valence-corrected chi connectivity index (χ3v) is 2.30. The molecule has 2 aromatic rings. The van der Waals surface area contributed by atoms with E-state index >= 15 is 0 Å². The minimum atomic E-state index is 0.563. The maximum absolute atomic E-state index is 5.59. The molecule has 2 rings (SSSR count). The summed E-state index contributed by atoms with van der Waals surface area (Å²) in [4.78, 5) is 11.0. The molecule has 0 saturated carbocycles. The summed E-state index contributed by atoms with van der Waals surface area (Å²) in [5.41, 5.74) is 2.85. The normalized spacial score (nSPS) is 10.6. The summed E-state index contributed by atoms with van der Waals surface area (Å²) in [6.07, 6.45) is 6.20. The highest BCUT2D eigenvalue weighted by Gasteiger charge is 1.95. The second kappa shape index (κ2) is 5.42. The SMILES string of the molecule is [CH]c1cc(CNCCc2cnc[nH]2)ccn1. The predicted molar refractivity (Wildman–Crippen MR) is 61.6 cm³/mol. The Morgan fingerprint density at radius 1 is 1.44 bits per heavy atom. The Labute approximate surface area is 95.1 Å². The van der Waals surface area contributed by atoms with Crippen molar-refractivity contribution in [3.05, 3.63) is 54.7 Å². The van der Waals surface area contributed by atoms with Crippen LogP contribution in [0.1, 0.15) is 17.0 Å². The van der Waals surface area contributed by atoms with E-state index in [-0.39, 0.29) is 0 Å². The van der Waals surface area contributed by atoms with Crippen molar-refractivity contribution in [1.29, 1.82) is 0 Å². The first kappa shape index (κ1) is 10.8. The molecule has 2 N–H and O–H groups in total. The smallest absolute Gasteiger partial charge is 0.0921 e. The summed E-state index contributed by atoms with van der Waals surface area (Å²) in [6.45, 7) is 7.30. The molecule has 2 aromatic heterocycles. The van der Waals surface area contributed by atoms with Gasteiger partial charge in [-0.3, -0.25) is 4.98 Å². The van der Waals surface area contributed by atoms with E-state index in [4.69, 9.17) is 6.92 Å². The average molecular weight is 214 g/mol. The molecule has 0 aromatic carbocycles. The fourth-order valence-corrected chi connectivity index (χ4v) is 1.48. The van der Waals surface area contributed by atoms with Crippen molar-refractivity contribution in [2.75, 3.05) is 6.54 Å². The number of H-pyrrole nitrogens is 1. The lowest BCUT2D eigenvalue weighted by molar-refractivity contribution is 0.680. The topological polar surface area (TPSA) is 53.6 Å². The second-order valence-corrected chi connectivity index (χ2v) is 3.59. The third-order valence-electron chi connectivity index (χ3n) is 2.30. The number of aromatic amines is 1. The van der Waals surface area contributed by atoms with Gasteiger partial charge in [-0.1, -0.05) is 0 Å². The van der Waals surface area contributed by atoms with Gasteiger partial charge >= 0.3 is 0 Å². The first-order valence-corrected chi connectivity index (χ1v) is 5.23.